The summed E-state index contributed by atoms with van der Waals surface area (Å²) in [6.45, 7) is 8.72. The number of aliphatic hydroxyl groups is 1. The van der Waals surface area contributed by atoms with Gasteiger partial charge in [-0.15, -0.1) is 0 Å². The minimum atomic E-state index is -0.662. The Hall–Kier alpha value is -1.16. The molecule has 3 fully saturated rings. The third kappa shape index (κ3) is 5.57. The van der Waals surface area contributed by atoms with Crippen molar-refractivity contribution >= 4 is 11.8 Å². The van der Waals surface area contributed by atoms with E-state index in [1.165, 1.54) is 56.9 Å². The molecule has 0 aliphatic heterocycles. The molecular formula is C29H48O4. The van der Waals surface area contributed by atoms with Crippen LogP contribution in [0.2, 0.25) is 0 Å². The highest BCUT2D eigenvalue weighted by Gasteiger charge is 2.58. The number of aliphatic carboxylic acids is 1. The summed E-state index contributed by atoms with van der Waals surface area (Å²) in [6, 6.07) is 0. The van der Waals surface area contributed by atoms with Gasteiger partial charge in [-0.05, 0) is 86.0 Å². The molecule has 0 heterocycles. The van der Waals surface area contributed by atoms with Crippen LogP contribution in [0.4, 0.5) is 0 Å². The normalized spacial score (nSPS) is 38.2. The summed E-state index contributed by atoms with van der Waals surface area (Å²) in [7, 11) is 0. The molecule has 7 atom stereocenters. The fraction of sp³-hybridized carbons (Fsp3) is 0.862. The van der Waals surface area contributed by atoms with Crippen LogP contribution in [0, 0.1) is 34.5 Å². The summed E-state index contributed by atoms with van der Waals surface area (Å²) in [6.07, 6.45) is 17.6. The van der Waals surface area contributed by atoms with Gasteiger partial charge in [-0.1, -0.05) is 65.4 Å². The van der Waals surface area contributed by atoms with Gasteiger partial charge in [0.25, 0.3) is 0 Å². The molecule has 4 rings (SSSR count). The lowest BCUT2D eigenvalue weighted by molar-refractivity contribution is -0.141. The van der Waals surface area contributed by atoms with E-state index in [4.69, 9.17) is 5.11 Å². The second-order valence-corrected chi connectivity index (χ2v) is 12.0. The molecule has 0 aromatic heterocycles. The molecule has 0 saturated heterocycles. The summed E-state index contributed by atoms with van der Waals surface area (Å²) in [5, 5.41) is 19.0. The predicted octanol–water partition coefficient (Wildman–Crippen LogP) is 6.95. The van der Waals surface area contributed by atoms with E-state index in [9.17, 15) is 14.7 Å². The van der Waals surface area contributed by atoms with E-state index in [2.05, 4.69) is 20.8 Å². The Bertz CT molecular complexity index is 727. The molecule has 0 radical (unpaired) electrons. The van der Waals surface area contributed by atoms with E-state index in [0.717, 1.165) is 50.4 Å². The maximum absolute atomic E-state index is 11.8. The van der Waals surface area contributed by atoms with Crippen molar-refractivity contribution in [3.05, 3.63) is 11.6 Å². The van der Waals surface area contributed by atoms with Gasteiger partial charge >= 0.3 is 5.97 Å². The van der Waals surface area contributed by atoms with E-state index in [1.54, 1.807) is 6.92 Å². The molecule has 1 unspecified atom stereocenters. The van der Waals surface area contributed by atoms with Crippen LogP contribution in [0.15, 0.2) is 11.6 Å². The summed E-state index contributed by atoms with van der Waals surface area (Å²) >= 11 is 0. The topological polar surface area (TPSA) is 74.6 Å². The molecule has 0 aromatic carbocycles. The number of carboxylic acids is 1. The number of ketones is 1. The van der Waals surface area contributed by atoms with Gasteiger partial charge in [0.2, 0.25) is 0 Å². The number of carboxylic acid groups (broad SMARTS) is 1. The molecule has 4 aliphatic carbocycles. The van der Waals surface area contributed by atoms with Gasteiger partial charge in [0, 0.05) is 6.42 Å². The third-order valence-electron chi connectivity index (χ3n) is 10.1. The summed E-state index contributed by atoms with van der Waals surface area (Å²) in [5.41, 5.74) is 1.89. The van der Waals surface area contributed by atoms with Crippen LogP contribution in [-0.2, 0) is 9.59 Å². The third-order valence-corrected chi connectivity index (χ3v) is 10.1. The van der Waals surface area contributed by atoms with Crippen LogP contribution in [-0.4, -0.2) is 28.1 Å². The number of fused-ring (bicyclic) bond motifs is 5. The fourth-order valence-electron chi connectivity index (χ4n) is 7.71. The summed E-state index contributed by atoms with van der Waals surface area (Å²) in [5.74, 6) is 1.75. The smallest absolute Gasteiger partial charge is 0.306 e. The lowest BCUT2D eigenvalue weighted by atomic mass is 9.47. The molecule has 188 valence electrons. The molecule has 0 amide bonds. The van der Waals surface area contributed by atoms with Crippen LogP contribution in [0.25, 0.3) is 0 Å². The molecule has 33 heavy (non-hydrogen) atoms. The number of carbonyl (C=O) groups excluding carboxylic acids is 1. The van der Waals surface area contributed by atoms with Crippen molar-refractivity contribution in [2.45, 2.75) is 124 Å². The van der Waals surface area contributed by atoms with Gasteiger partial charge in [0.1, 0.15) is 0 Å². The second kappa shape index (κ2) is 11.1. The van der Waals surface area contributed by atoms with Crippen LogP contribution < -0.4 is 0 Å². The second-order valence-electron chi connectivity index (χ2n) is 12.0. The van der Waals surface area contributed by atoms with Crippen molar-refractivity contribution < 1.29 is 19.8 Å². The minimum absolute atomic E-state index is 0.0823. The molecule has 2 N–H and O–H groups in total. The van der Waals surface area contributed by atoms with Crippen molar-refractivity contribution in [1.29, 1.82) is 0 Å². The van der Waals surface area contributed by atoms with Crippen LogP contribution in [0.3, 0.4) is 0 Å². The lowest BCUT2D eigenvalue weighted by Crippen LogP contribution is -2.51. The lowest BCUT2D eigenvalue weighted by Gasteiger charge is -2.57. The van der Waals surface area contributed by atoms with Crippen molar-refractivity contribution in [1.82, 2.24) is 0 Å². The molecule has 3 saturated carbocycles. The highest BCUT2D eigenvalue weighted by Crippen LogP contribution is 2.65. The Morgan fingerprint density at radius 1 is 1.03 bits per heavy atom. The van der Waals surface area contributed by atoms with Crippen molar-refractivity contribution in [2.24, 2.45) is 34.5 Å². The monoisotopic (exact) mass is 460 g/mol. The van der Waals surface area contributed by atoms with Gasteiger partial charge in [0.05, 0.1) is 12.0 Å². The van der Waals surface area contributed by atoms with Crippen molar-refractivity contribution in [3.8, 4) is 0 Å². The van der Waals surface area contributed by atoms with E-state index >= 15 is 0 Å². The summed E-state index contributed by atoms with van der Waals surface area (Å²) in [4.78, 5) is 22.2. The maximum atomic E-state index is 11.8. The number of hydrogen-bond acceptors (Lipinski definition) is 3. The average molecular weight is 461 g/mol. The number of unbranched alkanes of at least 4 members (excludes halogenated alkanes) is 4. The molecular weight excluding hydrogens is 412 g/mol. The molecule has 0 aromatic rings. The Labute approximate surface area is 201 Å². The fourth-order valence-corrected chi connectivity index (χ4v) is 7.71. The zero-order valence-corrected chi connectivity index (χ0v) is 21.6. The quantitative estimate of drug-likeness (QED) is 0.403. The van der Waals surface area contributed by atoms with Crippen LogP contribution in [0.5, 0.6) is 0 Å². The van der Waals surface area contributed by atoms with Gasteiger partial charge in [-0.3, -0.25) is 9.59 Å². The first-order valence-corrected chi connectivity index (χ1v) is 13.8. The van der Waals surface area contributed by atoms with Gasteiger partial charge in [-0.25, -0.2) is 0 Å². The van der Waals surface area contributed by atoms with Gasteiger partial charge in [0.15, 0.2) is 5.78 Å². The van der Waals surface area contributed by atoms with E-state index in [0.29, 0.717) is 11.7 Å². The Morgan fingerprint density at radius 2 is 1.76 bits per heavy atom. The number of rotatable bonds is 7. The maximum Gasteiger partial charge on any atom is 0.306 e. The van der Waals surface area contributed by atoms with Gasteiger partial charge in [-0.2, -0.15) is 0 Å². The molecule has 0 spiro atoms. The van der Waals surface area contributed by atoms with E-state index in [-0.39, 0.29) is 22.9 Å². The molecule has 4 nitrogen and oxygen atoms in total. The summed E-state index contributed by atoms with van der Waals surface area (Å²) < 4.78 is 0. The zero-order chi connectivity index (χ0) is 24.2. The highest BCUT2D eigenvalue weighted by atomic mass is 16.4. The van der Waals surface area contributed by atoms with Crippen molar-refractivity contribution in [3.63, 3.8) is 0 Å². The predicted molar refractivity (Wildman–Crippen MR) is 133 cm³/mol. The Balaban J connectivity index is 0.000000221. The molecule has 4 aliphatic rings. The Kier molecular flexibility index (Phi) is 8.86. The SMILES string of the molecule is CCCCCCCC(C)C(=O)O.C[C@]12CC[C@H]3[C@@H](CCC4=CC(=O)CC[C@@]43C)[C@@H]1CC[C@@H]2O. The van der Waals surface area contributed by atoms with Crippen molar-refractivity contribution in [2.75, 3.05) is 0 Å². The average Bonchev–Trinajstić information content (AvgIpc) is 3.09. The first-order chi connectivity index (χ1) is 15.6. The highest BCUT2D eigenvalue weighted by molar-refractivity contribution is 5.91. The Morgan fingerprint density at radius 3 is 2.45 bits per heavy atom. The number of carbonyl (C=O) groups is 2. The first-order valence-electron chi connectivity index (χ1n) is 13.8. The largest absolute Gasteiger partial charge is 0.481 e. The van der Waals surface area contributed by atoms with E-state index in [1.807, 2.05) is 6.08 Å². The minimum Gasteiger partial charge on any atom is -0.481 e. The number of allylic oxidation sites excluding steroid dienone is 1. The molecule has 4 heteroatoms. The zero-order valence-electron chi connectivity index (χ0n) is 21.6. The molecule has 0 bridgehead atoms. The number of aliphatic hydroxyl groups excluding tert-OH is 1. The first kappa shape index (κ1) is 26.4. The number of hydrogen-bond donors (Lipinski definition) is 2. The standard InChI is InChI=1S/C19H28O2.C10H20O2/c1-18-9-7-13(20)11-12(18)3-4-14-15-5-6-17(21)19(15,2)10-8-16(14)18;1-3-4-5-6-7-8-9(2)10(11)12/h11,14-17,21H,3-10H2,1-2H3;9H,3-8H2,1-2H3,(H,11,12)/t14-,15-,16-,17-,18-,19-;/m0./s1. The van der Waals surface area contributed by atoms with Gasteiger partial charge < -0.3 is 10.2 Å². The van der Waals surface area contributed by atoms with Crippen LogP contribution in [0.1, 0.15) is 118 Å². The van der Waals surface area contributed by atoms with E-state index < -0.39 is 5.97 Å². The van der Waals surface area contributed by atoms with Crippen LogP contribution >= 0.6 is 0 Å².